The Morgan fingerprint density at radius 2 is 2.00 bits per heavy atom. The number of allylic oxidation sites excluding steroid dienone is 1. The summed E-state index contributed by atoms with van der Waals surface area (Å²) in [6, 6.07) is 3.67. The minimum Gasteiger partial charge on any atom is -0.495 e. The van der Waals surface area contributed by atoms with Crippen LogP contribution in [-0.4, -0.2) is 81.6 Å². The second-order valence-electron chi connectivity index (χ2n) is 11.2. The van der Waals surface area contributed by atoms with Gasteiger partial charge in [0.2, 0.25) is 5.91 Å². The molecule has 246 valence electrons. The van der Waals surface area contributed by atoms with E-state index in [2.05, 4.69) is 20.7 Å². The van der Waals surface area contributed by atoms with Gasteiger partial charge in [-0.1, -0.05) is 23.8 Å². The number of urea groups is 1. The van der Waals surface area contributed by atoms with Gasteiger partial charge < -0.3 is 30.1 Å². The van der Waals surface area contributed by atoms with Gasteiger partial charge in [0, 0.05) is 43.6 Å². The Balaban J connectivity index is 1.42. The number of carboxylic acid groups (broad SMARTS) is 1. The fourth-order valence-corrected chi connectivity index (χ4v) is 5.54. The zero-order valence-corrected chi connectivity index (χ0v) is 25.7. The van der Waals surface area contributed by atoms with Crippen molar-refractivity contribution in [1.29, 1.82) is 0 Å². The average molecular weight is 665 g/mol. The molecular formula is C30H32ClF3N6O6. The highest BCUT2D eigenvalue weighted by molar-refractivity contribution is 6.36. The molecule has 12 nitrogen and oxygen atoms in total. The number of aliphatic carboxylic acids is 1. The summed E-state index contributed by atoms with van der Waals surface area (Å²) < 4.78 is 52.0. The maximum absolute atomic E-state index is 13.4. The van der Waals surface area contributed by atoms with Gasteiger partial charge in [0.15, 0.2) is 11.5 Å². The smallest absolute Gasteiger partial charge is 0.435 e. The van der Waals surface area contributed by atoms with Crippen molar-refractivity contribution in [2.45, 2.75) is 49.9 Å². The number of carboxylic acids is 1. The highest BCUT2D eigenvalue weighted by Gasteiger charge is 2.60. The third kappa shape index (κ3) is 6.83. The third-order valence-electron chi connectivity index (χ3n) is 8.02. The monoisotopic (exact) mass is 664 g/mol. The Labute approximate surface area is 266 Å². The van der Waals surface area contributed by atoms with E-state index in [1.807, 2.05) is 12.2 Å². The quantitative estimate of drug-likeness (QED) is 0.311. The number of benzene rings is 1. The molecule has 1 saturated carbocycles. The van der Waals surface area contributed by atoms with Crippen LogP contribution in [0.2, 0.25) is 5.02 Å². The number of ether oxygens (including phenoxy) is 2. The minimum absolute atomic E-state index is 0.0324. The Bertz CT molecular complexity index is 1680. The lowest BCUT2D eigenvalue weighted by atomic mass is 10.1. The summed E-state index contributed by atoms with van der Waals surface area (Å²) >= 11 is 6.51. The second kappa shape index (κ2) is 13.1. The lowest BCUT2D eigenvalue weighted by Crippen LogP contribution is -2.55. The van der Waals surface area contributed by atoms with E-state index in [1.165, 1.54) is 18.1 Å². The summed E-state index contributed by atoms with van der Waals surface area (Å²) in [5.74, 6) is -1.84. The molecule has 2 aromatic heterocycles. The normalized spacial score (nSPS) is 23.1. The van der Waals surface area contributed by atoms with E-state index in [1.54, 1.807) is 19.2 Å². The average Bonchev–Trinajstić information content (AvgIpc) is 3.45. The maximum Gasteiger partial charge on any atom is 0.435 e. The van der Waals surface area contributed by atoms with Crippen LogP contribution in [0.4, 0.5) is 18.0 Å². The summed E-state index contributed by atoms with van der Waals surface area (Å²) in [6.45, 7) is 0.285. The summed E-state index contributed by atoms with van der Waals surface area (Å²) in [5, 5.41) is 19.3. The molecular weight excluding hydrogens is 633 g/mol. The Morgan fingerprint density at radius 3 is 2.70 bits per heavy atom. The van der Waals surface area contributed by atoms with Crippen molar-refractivity contribution in [3.05, 3.63) is 53.3 Å². The highest BCUT2D eigenvalue weighted by atomic mass is 35.5. The SMILES string of the molecule is COc1ccc2c(OCCC3NC(=O)N(C)CCCC/C=C/C4CC4(C(=O)O)NC3=O)cc(-n3ccc(C(F)(F)F)n3)nc2c1Cl. The van der Waals surface area contributed by atoms with Gasteiger partial charge in [0.1, 0.15) is 28.1 Å². The van der Waals surface area contributed by atoms with Crippen molar-refractivity contribution in [2.24, 2.45) is 5.92 Å². The van der Waals surface area contributed by atoms with E-state index in [9.17, 15) is 32.7 Å². The van der Waals surface area contributed by atoms with Gasteiger partial charge in [-0.05, 0) is 43.9 Å². The molecule has 0 radical (unpaired) electrons. The zero-order chi connectivity index (χ0) is 33.2. The van der Waals surface area contributed by atoms with Crippen LogP contribution in [0.3, 0.4) is 0 Å². The Hall–Kier alpha value is -4.53. The Morgan fingerprint density at radius 1 is 1.22 bits per heavy atom. The number of nitrogens with one attached hydrogen (secondary N) is 2. The molecule has 3 amide bonds. The number of hydrogen-bond acceptors (Lipinski definition) is 7. The van der Waals surface area contributed by atoms with Crippen LogP contribution in [0.1, 0.15) is 37.8 Å². The number of rotatable bonds is 7. The first kappa shape index (κ1) is 32.9. The van der Waals surface area contributed by atoms with Gasteiger partial charge in [-0.2, -0.15) is 18.3 Å². The Kier molecular flexibility index (Phi) is 9.33. The summed E-state index contributed by atoms with van der Waals surface area (Å²) in [5.41, 5.74) is -2.43. The number of amides is 3. The number of halogens is 4. The van der Waals surface area contributed by atoms with Gasteiger partial charge in [-0.25, -0.2) is 19.3 Å². The number of hydrogen-bond donors (Lipinski definition) is 3. The minimum atomic E-state index is -4.68. The van der Waals surface area contributed by atoms with Crippen LogP contribution >= 0.6 is 11.6 Å². The first-order valence-corrected chi connectivity index (χ1v) is 14.9. The number of fused-ring (bicyclic) bond motifs is 2. The van der Waals surface area contributed by atoms with E-state index in [-0.39, 0.29) is 53.2 Å². The summed E-state index contributed by atoms with van der Waals surface area (Å²) in [7, 11) is 3.00. The fourth-order valence-electron chi connectivity index (χ4n) is 5.25. The van der Waals surface area contributed by atoms with Crippen LogP contribution in [0.15, 0.2) is 42.6 Å². The third-order valence-corrected chi connectivity index (χ3v) is 8.38. The number of aromatic nitrogens is 3. The highest BCUT2D eigenvalue weighted by Crippen LogP contribution is 2.45. The summed E-state index contributed by atoms with van der Waals surface area (Å²) in [6.07, 6.45) is 2.52. The molecule has 2 aliphatic rings. The molecule has 46 heavy (non-hydrogen) atoms. The predicted octanol–water partition coefficient (Wildman–Crippen LogP) is 4.58. The molecule has 0 spiro atoms. The molecule has 3 heterocycles. The van der Waals surface area contributed by atoms with Crippen LogP contribution in [0, 0.1) is 5.92 Å². The first-order valence-electron chi connectivity index (χ1n) is 14.5. The molecule has 0 bridgehead atoms. The number of carbonyl (C=O) groups is 3. The molecule has 3 N–H and O–H groups in total. The van der Waals surface area contributed by atoms with E-state index < -0.39 is 41.4 Å². The number of alkyl halides is 3. The molecule has 5 rings (SSSR count). The van der Waals surface area contributed by atoms with E-state index in [0.29, 0.717) is 18.4 Å². The number of carbonyl (C=O) groups excluding carboxylic acids is 2. The molecule has 3 unspecified atom stereocenters. The van der Waals surface area contributed by atoms with E-state index in [4.69, 9.17) is 21.1 Å². The molecule has 0 saturated heterocycles. The molecule has 3 aromatic rings. The van der Waals surface area contributed by atoms with Crippen molar-refractivity contribution < 1.29 is 42.1 Å². The largest absolute Gasteiger partial charge is 0.495 e. The first-order chi connectivity index (χ1) is 21.8. The topological polar surface area (TPSA) is 148 Å². The van der Waals surface area contributed by atoms with Gasteiger partial charge in [0.05, 0.1) is 19.2 Å². The predicted molar refractivity (Wildman–Crippen MR) is 160 cm³/mol. The second-order valence-corrected chi connectivity index (χ2v) is 11.5. The fraction of sp³-hybridized carbons (Fsp3) is 0.433. The van der Waals surface area contributed by atoms with Gasteiger partial charge in [0.25, 0.3) is 0 Å². The van der Waals surface area contributed by atoms with Gasteiger partial charge >= 0.3 is 18.2 Å². The van der Waals surface area contributed by atoms with Crippen LogP contribution in [0.5, 0.6) is 11.5 Å². The lowest BCUT2D eigenvalue weighted by molar-refractivity contribution is -0.143. The van der Waals surface area contributed by atoms with E-state index >= 15 is 0 Å². The standard InChI is InChI=1S/C30H32ClF3N6O6/c1-39-12-6-4-3-5-7-17-16-29(17,27(42)43)37-26(41)19(35-28(39)44)11-14-46-21-15-23(40-13-10-22(38-40)30(32,33)34)36-25-18(21)8-9-20(45-2)24(25)31/h5,7-10,13,15,17,19H,3-4,6,11-12,14,16H2,1-2H3,(H,35,44)(H,37,41)(H,42,43)/b7-5+. The zero-order valence-electron chi connectivity index (χ0n) is 24.9. The van der Waals surface area contributed by atoms with Gasteiger partial charge in [-0.3, -0.25) is 4.79 Å². The van der Waals surface area contributed by atoms with Crippen LogP contribution in [0.25, 0.3) is 16.7 Å². The van der Waals surface area contributed by atoms with Crippen molar-refractivity contribution in [3.63, 3.8) is 0 Å². The maximum atomic E-state index is 13.4. The number of nitrogens with zero attached hydrogens (tertiary/aromatic N) is 4. The van der Waals surface area contributed by atoms with Gasteiger partial charge in [-0.15, -0.1) is 0 Å². The summed E-state index contributed by atoms with van der Waals surface area (Å²) in [4.78, 5) is 44.4. The molecule has 3 atom stereocenters. The molecule has 1 aromatic carbocycles. The number of methoxy groups -OCH3 is 1. The molecule has 1 fully saturated rings. The lowest BCUT2D eigenvalue weighted by Gasteiger charge is -2.25. The van der Waals surface area contributed by atoms with Crippen LogP contribution in [-0.2, 0) is 15.8 Å². The van der Waals surface area contributed by atoms with Crippen molar-refractivity contribution in [1.82, 2.24) is 30.3 Å². The van der Waals surface area contributed by atoms with E-state index in [0.717, 1.165) is 29.8 Å². The van der Waals surface area contributed by atoms with Crippen LogP contribution < -0.4 is 20.1 Å². The number of pyridine rings is 1. The molecule has 16 heteroatoms. The van der Waals surface area contributed by atoms with Crippen molar-refractivity contribution in [3.8, 4) is 17.3 Å². The van der Waals surface area contributed by atoms with Crippen molar-refractivity contribution in [2.75, 3.05) is 27.3 Å². The molecule has 1 aliphatic carbocycles. The van der Waals surface area contributed by atoms with Crippen molar-refractivity contribution >= 4 is 40.4 Å². The molecule has 1 aliphatic heterocycles.